The number of halogens is 1. The smallest absolute Gasteiger partial charge is 0.320 e. The molecular weight excluding hydrogens is 359 g/mol. The predicted octanol–water partition coefficient (Wildman–Crippen LogP) is 3.77. The Morgan fingerprint density at radius 2 is 2.00 bits per heavy atom. The first-order valence-corrected chi connectivity index (χ1v) is 8.93. The van der Waals surface area contributed by atoms with Crippen LogP contribution in [0.5, 0.6) is 5.75 Å². The van der Waals surface area contributed by atoms with Gasteiger partial charge in [-0.1, -0.05) is 12.1 Å². The molecule has 0 bridgehead atoms. The highest BCUT2D eigenvalue weighted by molar-refractivity contribution is 5.90. The molecule has 2 aromatic heterocycles. The fourth-order valence-corrected chi connectivity index (χ4v) is 3.38. The van der Waals surface area contributed by atoms with E-state index in [1.165, 1.54) is 6.07 Å². The lowest BCUT2D eigenvalue weighted by molar-refractivity contribution is 0.200. The van der Waals surface area contributed by atoms with Crippen molar-refractivity contribution >= 4 is 11.7 Å². The van der Waals surface area contributed by atoms with Crippen molar-refractivity contribution in [1.82, 2.24) is 15.3 Å². The maximum Gasteiger partial charge on any atom is 0.320 e. The molecule has 1 aliphatic heterocycles. The fourth-order valence-electron chi connectivity index (χ4n) is 3.38. The van der Waals surface area contributed by atoms with Gasteiger partial charge >= 0.3 is 6.03 Å². The maximum absolute atomic E-state index is 14.4. The third kappa shape index (κ3) is 3.26. The van der Waals surface area contributed by atoms with Gasteiger partial charge in [-0.15, -0.1) is 0 Å². The second-order valence-corrected chi connectivity index (χ2v) is 6.63. The van der Waals surface area contributed by atoms with Crippen molar-refractivity contribution in [3.63, 3.8) is 0 Å². The van der Waals surface area contributed by atoms with E-state index in [9.17, 15) is 9.18 Å². The van der Waals surface area contributed by atoms with Gasteiger partial charge in [-0.3, -0.25) is 9.97 Å². The molecule has 0 unspecified atom stereocenters. The summed E-state index contributed by atoms with van der Waals surface area (Å²) in [5.41, 5.74) is 1.29. The number of pyridine rings is 2. The van der Waals surface area contributed by atoms with E-state index in [1.54, 1.807) is 55.8 Å². The van der Waals surface area contributed by atoms with E-state index in [0.29, 0.717) is 41.3 Å². The summed E-state index contributed by atoms with van der Waals surface area (Å²) in [5, 5.41) is 5.81. The van der Waals surface area contributed by atoms with Crippen LogP contribution in [0.15, 0.2) is 61.1 Å². The second-order valence-electron chi connectivity index (χ2n) is 6.63. The first-order valence-electron chi connectivity index (χ1n) is 8.93. The summed E-state index contributed by atoms with van der Waals surface area (Å²) in [6, 6.07) is 11.5. The number of fused-ring (bicyclic) bond motifs is 1. The van der Waals surface area contributed by atoms with E-state index in [4.69, 9.17) is 4.74 Å². The number of carbonyl (C=O) groups excluding carboxylic acids is 1. The summed E-state index contributed by atoms with van der Waals surface area (Å²) >= 11 is 0. The average Bonchev–Trinajstić information content (AvgIpc) is 2.71. The third-order valence-corrected chi connectivity index (χ3v) is 4.84. The topological polar surface area (TPSA) is 76.1 Å². The first kappa shape index (κ1) is 17.9. The molecule has 6 nitrogen and oxygen atoms in total. The molecule has 3 aromatic rings. The van der Waals surface area contributed by atoms with Crippen LogP contribution in [-0.2, 0) is 5.54 Å². The van der Waals surface area contributed by atoms with Gasteiger partial charge in [0, 0.05) is 30.7 Å². The van der Waals surface area contributed by atoms with Gasteiger partial charge in [-0.2, -0.15) is 0 Å². The van der Waals surface area contributed by atoms with Crippen LogP contribution in [0.3, 0.4) is 0 Å². The van der Waals surface area contributed by atoms with E-state index >= 15 is 0 Å². The summed E-state index contributed by atoms with van der Waals surface area (Å²) < 4.78 is 20.1. The van der Waals surface area contributed by atoms with Gasteiger partial charge in [-0.25, -0.2) is 9.18 Å². The second kappa shape index (κ2) is 7.26. The third-order valence-electron chi connectivity index (χ3n) is 4.84. The Labute approximate surface area is 161 Å². The number of ether oxygens (including phenoxy) is 1. The number of rotatable bonds is 3. The van der Waals surface area contributed by atoms with Crippen LogP contribution >= 0.6 is 0 Å². The number of anilines is 1. The van der Waals surface area contributed by atoms with Crippen LogP contribution in [0, 0.1) is 12.7 Å². The number of aromatic nitrogens is 2. The standard InChI is InChI=1S/C21H19FN4O2/c1-14-4-5-15(13-17(14)22)21(8-12-28-18-3-2-9-24-19(18)21)26-20(27)25-16-6-10-23-11-7-16/h2-7,9-11,13H,8,12H2,1H3,(H2,23,25,26,27)/t21-/m0/s1. The molecule has 7 heteroatoms. The molecule has 1 atom stereocenters. The van der Waals surface area contributed by atoms with Crippen molar-refractivity contribution in [2.24, 2.45) is 0 Å². The summed E-state index contributed by atoms with van der Waals surface area (Å²) in [7, 11) is 0. The molecular formula is C21H19FN4O2. The Kier molecular flexibility index (Phi) is 4.65. The monoisotopic (exact) mass is 378 g/mol. The maximum atomic E-state index is 14.4. The lowest BCUT2D eigenvalue weighted by Gasteiger charge is -2.39. The molecule has 28 heavy (non-hydrogen) atoms. The van der Waals surface area contributed by atoms with Crippen LogP contribution < -0.4 is 15.4 Å². The SMILES string of the molecule is Cc1ccc([C@@]2(NC(=O)Nc3ccncc3)CCOc3cccnc32)cc1F. The number of hydrogen-bond donors (Lipinski definition) is 2. The number of hydrogen-bond acceptors (Lipinski definition) is 4. The van der Waals surface area contributed by atoms with E-state index < -0.39 is 11.6 Å². The van der Waals surface area contributed by atoms with Crippen LogP contribution in [0.25, 0.3) is 0 Å². The zero-order valence-electron chi connectivity index (χ0n) is 15.3. The molecule has 2 N–H and O–H groups in total. The van der Waals surface area contributed by atoms with Gasteiger partial charge in [0.15, 0.2) is 0 Å². The van der Waals surface area contributed by atoms with E-state index in [2.05, 4.69) is 20.6 Å². The molecule has 0 spiro atoms. The average molecular weight is 378 g/mol. The normalized spacial score (nSPS) is 17.9. The van der Waals surface area contributed by atoms with Gasteiger partial charge in [0.05, 0.1) is 6.61 Å². The van der Waals surface area contributed by atoms with Crippen molar-refractivity contribution in [3.05, 3.63) is 83.7 Å². The van der Waals surface area contributed by atoms with Crippen molar-refractivity contribution in [2.75, 3.05) is 11.9 Å². The zero-order valence-corrected chi connectivity index (χ0v) is 15.3. The summed E-state index contributed by atoms with van der Waals surface area (Å²) in [6.45, 7) is 2.06. The van der Waals surface area contributed by atoms with Crippen LogP contribution in [0.4, 0.5) is 14.9 Å². The molecule has 2 amide bonds. The van der Waals surface area contributed by atoms with Gasteiger partial charge in [0.2, 0.25) is 0 Å². The molecule has 142 valence electrons. The minimum absolute atomic E-state index is 0.336. The van der Waals surface area contributed by atoms with Crippen LogP contribution in [0.2, 0.25) is 0 Å². The van der Waals surface area contributed by atoms with E-state index in [0.717, 1.165) is 0 Å². The minimum Gasteiger partial charge on any atom is -0.491 e. The number of nitrogens with one attached hydrogen (secondary N) is 2. The molecule has 0 aliphatic carbocycles. The molecule has 1 aliphatic rings. The molecule has 3 heterocycles. The number of benzene rings is 1. The van der Waals surface area contributed by atoms with E-state index in [1.807, 2.05) is 6.07 Å². The summed E-state index contributed by atoms with van der Waals surface area (Å²) in [6.07, 6.45) is 5.23. The highest BCUT2D eigenvalue weighted by Gasteiger charge is 2.42. The summed E-state index contributed by atoms with van der Waals surface area (Å²) in [5.74, 6) is 0.233. The van der Waals surface area contributed by atoms with Gasteiger partial charge in [0.25, 0.3) is 0 Å². The predicted molar refractivity (Wildman–Crippen MR) is 103 cm³/mol. The number of urea groups is 1. The summed E-state index contributed by atoms with van der Waals surface area (Å²) in [4.78, 5) is 21.2. The Hall–Kier alpha value is -3.48. The fraction of sp³-hybridized carbons (Fsp3) is 0.190. The highest BCUT2D eigenvalue weighted by Crippen LogP contribution is 2.40. The Morgan fingerprint density at radius 3 is 2.79 bits per heavy atom. The number of amides is 2. The zero-order chi connectivity index (χ0) is 19.6. The minimum atomic E-state index is -1.01. The van der Waals surface area contributed by atoms with Crippen molar-refractivity contribution in [2.45, 2.75) is 18.9 Å². The Morgan fingerprint density at radius 1 is 1.18 bits per heavy atom. The van der Waals surface area contributed by atoms with Crippen molar-refractivity contribution in [3.8, 4) is 5.75 Å². The quantitative estimate of drug-likeness (QED) is 0.727. The number of nitrogens with zero attached hydrogens (tertiary/aromatic N) is 2. The molecule has 0 saturated carbocycles. The largest absolute Gasteiger partial charge is 0.491 e. The lowest BCUT2D eigenvalue weighted by Crippen LogP contribution is -2.51. The van der Waals surface area contributed by atoms with Crippen LogP contribution in [-0.4, -0.2) is 22.6 Å². The number of carbonyl (C=O) groups is 1. The molecule has 0 radical (unpaired) electrons. The number of aryl methyl sites for hydroxylation is 1. The molecule has 0 saturated heterocycles. The molecule has 1 aromatic carbocycles. The van der Waals surface area contributed by atoms with Gasteiger partial charge < -0.3 is 15.4 Å². The molecule has 4 rings (SSSR count). The van der Waals surface area contributed by atoms with E-state index in [-0.39, 0.29) is 5.82 Å². The van der Waals surface area contributed by atoms with Crippen LogP contribution in [0.1, 0.15) is 23.2 Å². The Balaban J connectivity index is 1.77. The molecule has 0 fully saturated rings. The van der Waals surface area contributed by atoms with Gasteiger partial charge in [-0.05, 0) is 48.4 Å². The van der Waals surface area contributed by atoms with Crippen molar-refractivity contribution < 1.29 is 13.9 Å². The lowest BCUT2D eigenvalue weighted by atomic mass is 9.81. The first-order chi connectivity index (χ1) is 13.6. The Bertz CT molecular complexity index is 1010. The van der Waals surface area contributed by atoms with Gasteiger partial charge in [0.1, 0.15) is 22.8 Å². The van der Waals surface area contributed by atoms with Crippen molar-refractivity contribution in [1.29, 1.82) is 0 Å². The highest BCUT2D eigenvalue weighted by atomic mass is 19.1.